The maximum atomic E-state index is 11.9. The molecule has 1 heterocycles. The van der Waals surface area contributed by atoms with Crippen LogP contribution in [-0.4, -0.2) is 33.8 Å². The maximum Gasteiger partial charge on any atom is 0.525 e. The topological polar surface area (TPSA) is 81.5 Å². The lowest BCUT2D eigenvalue weighted by atomic mass is 10.2. The second kappa shape index (κ2) is 6.92. The Morgan fingerprint density at radius 1 is 1.50 bits per heavy atom. The van der Waals surface area contributed by atoms with Crippen molar-refractivity contribution in [3.05, 3.63) is 39.9 Å². The molecular weight excluding hydrogens is 304 g/mol. The molecule has 2 unspecified atom stereocenters. The van der Waals surface area contributed by atoms with E-state index in [0.29, 0.717) is 12.3 Å². The molecule has 1 aliphatic rings. The summed E-state index contributed by atoms with van der Waals surface area (Å²) < 4.78 is 5.23. The Kier molecular flexibility index (Phi) is 5.22. The van der Waals surface area contributed by atoms with Crippen molar-refractivity contribution in [1.29, 1.82) is 0 Å². The molecule has 0 aliphatic carbocycles. The lowest BCUT2D eigenvalue weighted by molar-refractivity contribution is -0.384. The highest BCUT2D eigenvalue weighted by molar-refractivity contribution is 8.10. The fourth-order valence-electron chi connectivity index (χ4n) is 1.75. The maximum absolute atomic E-state index is 11.9. The third-order valence-corrected chi connectivity index (χ3v) is 5.31. The number of halogens is 1. The number of carbonyl (C=O) groups excluding carboxylic acids is 1. The number of hydrogen-bond donors (Lipinski definition) is 1. The van der Waals surface area contributed by atoms with Crippen LogP contribution in [0.4, 0.5) is 10.5 Å². The van der Waals surface area contributed by atoms with Gasteiger partial charge in [-0.25, -0.2) is 0 Å². The van der Waals surface area contributed by atoms with Crippen LogP contribution < -0.4 is 5.32 Å². The SMILES string of the molecule is O=C(OCc1ccc([N+](=O)[O-])cc1)[S+]1CCNC(Cl)C1. The van der Waals surface area contributed by atoms with Crippen molar-refractivity contribution in [3.8, 4) is 0 Å². The van der Waals surface area contributed by atoms with Gasteiger partial charge in [0.1, 0.15) is 34.5 Å². The summed E-state index contributed by atoms with van der Waals surface area (Å²) in [5.41, 5.74) is 0.564. The van der Waals surface area contributed by atoms with E-state index in [1.807, 2.05) is 0 Å². The highest BCUT2D eigenvalue weighted by Crippen LogP contribution is 2.15. The average molecular weight is 318 g/mol. The molecule has 20 heavy (non-hydrogen) atoms. The Hall–Kier alpha value is -1.31. The number of nitro benzene ring substituents is 1. The molecule has 6 nitrogen and oxygen atoms in total. The Morgan fingerprint density at radius 2 is 2.20 bits per heavy atom. The third kappa shape index (κ3) is 4.09. The minimum Gasteiger partial charge on any atom is -0.421 e. The van der Waals surface area contributed by atoms with E-state index in [4.69, 9.17) is 16.3 Å². The first-order valence-corrected chi connectivity index (χ1v) is 8.01. The van der Waals surface area contributed by atoms with Gasteiger partial charge < -0.3 is 4.74 Å². The Labute approximate surface area is 123 Å². The zero-order valence-corrected chi connectivity index (χ0v) is 12.2. The van der Waals surface area contributed by atoms with Gasteiger partial charge in [0.2, 0.25) is 0 Å². The zero-order valence-electron chi connectivity index (χ0n) is 10.6. The smallest absolute Gasteiger partial charge is 0.421 e. The first-order chi connectivity index (χ1) is 9.56. The van der Waals surface area contributed by atoms with Crippen LogP contribution in [0.25, 0.3) is 0 Å². The molecule has 0 aromatic heterocycles. The summed E-state index contributed by atoms with van der Waals surface area (Å²) in [4.78, 5) is 21.9. The lowest BCUT2D eigenvalue weighted by Crippen LogP contribution is -2.44. The number of rotatable bonds is 3. The number of nitrogens with one attached hydrogen (secondary N) is 1. The van der Waals surface area contributed by atoms with Crippen molar-refractivity contribution >= 4 is 33.5 Å². The Bertz CT molecular complexity index is 497. The van der Waals surface area contributed by atoms with Gasteiger partial charge in [0.25, 0.3) is 5.69 Å². The molecule has 0 bridgehead atoms. The van der Waals surface area contributed by atoms with Gasteiger partial charge in [-0.15, -0.1) is 11.6 Å². The highest BCUT2D eigenvalue weighted by atomic mass is 35.5. The largest absolute Gasteiger partial charge is 0.525 e. The Balaban J connectivity index is 1.85. The second-order valence-electron chi connectivity index (χ2n) is 4.25. The molecule has 0 radical (unpaired) electrons. The van der Waals surface area contributed by atoms with E-state index in [0.717, 1.165) is 11.3 Å². The molecule has 1 aliphatic heterocycles. The van der Waals surface area contributed by atoms with Gasteiger partial charge in [0.05, 0.1) is 4.92 Å². The first kappa shape index (κ1) is 15.1. The Morgan fingerprint density at radius 3 is 2.80 bits per heavy atom. The van der Waals surface area contributed by atoms with Crippen molar-refractivity contribution in [2.24, 2.45) is 0 Å². The fraction of sp³-hybridized carbons (Fsp3) is 0.417. The van der Waals surface area contributed by atoms with Crippen molar-refractivity contribution < 1.29 is 14.5 Å². The minimum atomic E-state index is -0.469. The third-order valence-electron chi connectivity index (χ3n) is 2.80. The summed E-state index contributed by atoms with van der Waals surface area (Å²) in [6, 6.07) is 5.96. The molecule has 0 amide bonds. The van der Waals surface area contributed by atoms with Gasteiger partial charge in [-0.05, 0) is 17.7 Å². The normalized spacial score (nSPS) is 22.2. The molecule has 1 fully saturated rings. The van der Waals surface area contributed by atoms with Gasteiger partial charge >= 0.3 is 5.30 Å². The summed E-state index contributed by atoms with van der Waals surface area (Å²) in [6.45, 7) is 0.838. The van der Waals surface area contributed by atoms with Crippen molar-refractivity contribution in [2.45, 2.75) is 12.1 Å². The molecule has 8 heteroatoms. The zero-order chi connectivity index (χ0) is 14.5. The van der Waals surface area contributed by atoms with E-state index in [1.165, 1.54) is 12.1 Å². The molecule has 0 saturated carbocycles. The van der Waals surface area contributed by atoms with E-state index in [2.05, 4.69) is 5.32 Å². The van der Waals surface area contributed by atoms with E-state index >= 15 is 0 Å². The number of nitrogens with zero attached hydrogens (tertiary/aromatic N) is 1. The van der Waals surface area contributed by atoms with Crippen LogP contribution in [0, 0.1) is 10.1 Å². The number of non-ortho nitro benzene ring substituents is 1. The van der Waals surface area contributed by atoms with Gasteiger partial charge in [0.15, 0.2) is 0 Å². The fourth-order valence-corrected chi connectivity index (χ4v) is 3.84. The summed E-state index contributed by atoms with van der Waals surface area (Å²) in [7, 11) is -0.469. The summed E-state index contributed by atoms with van der Waals surface area (Å²) in [6.07, 6.45) is 0. The predicted molar refractivity (Wildman–Crippen MR) is 78.0 cm³/mol. The minimum absolute atomic E-state index is 0.0188. The van der Waals surface area contributed by atoms with E-state index in [9.17, 15) is 14.9 Å². The quantitative estimate of drug-likeness (QED) is 0.230. The van der Waals surface area contributed by atoms with Crippen molar-refractivity contribution in [2.75, 3.05) is 18.1 Å². The van der Waals surface area contributed by atoms with Crippen LogP contribution >= 0.6 is 11.6 Å². The van der Waals surface area contributed by atoms with Gasteiger partial charge in [0, 0.05) is 18.7 Å². The standard InChI is InChI=1S/C12H14ClN2O4S/c13-11-8-20(6-5-14-11)12(16)19-7-9-1-3-10(4-2-9)15(17)18/h1-4,11,14H,5-8H2/q+1. The average Bonchev–Trinajstić information content (AvgIpc) is 2.45. The number of ether oxygens (including phenoxy) is 1. The molecule has 1 aromatic rings. The molecule has 2 atom stereocenters. The molecule has 108 valence electrons. The van der Waals surface area contributed by atoms with Crippen LogP contribution in [0.5, 0.6) is 0 Å². The van der Waals surface area contributed by atoms with E-state index in [-0.39, 0.29) is 23.1 Å². The molecule has 1 saturated heterocycles. The summed E-state index contributed by atoms with van der Waals surface area (Å²) in [5.74, 6) is 1.32. The van der Waals surface area contributed by atoms with Gasteiger partial charge in [-0.2, -0.15) is 4.79 Å². The van der Waals surface area contributed by atoms with Crippen LogP contribution in [-0.2, 0) is 22.2 Å². The predicted octanol–water partition coefficient (Wildman–Crippen LogP) is 2.02. The summed E-state index contributed by atoms with van der Waals surface area (Å²) >= 11 is 5.94. The van der Waals surface area contributed by atoms with Crippen molar-refractivity contribution in [3.63, 3.8) is 0 Å². The summed E-state index contributed by atoms with van der Waals surface area (Å²) in [5, 5.41) is 13.3. The molecule has 1 aromatic carbocycles. The monoisotopic (exact) mass is 317 g/mol. The van der Waals surface area contributed by atoms with Gasteiger partial charge in [-0.1, -0.05) is 0 Å². The molecule has 2 rings (SSSR count). The molecule has 0 spiro atoms. The van der Waals surface area contributed by atoms with Crippen LogP contribution in [0.15, 0.2) is 24.3 Å². The number of hydrogen-bond acceptors (Lipinski definition) is 5. The van der Waals surface area contributed by atoms with Crippen molar-refractivity contribution in [1.82, 2.24) is 5.32 Å². The highest BCUT2D eigenvalue weighted by Gasteiger charge is 2.36. The number of nitro groups is 1. The van der Waals surface area contributed by atoms with Crippen LogP contribution in [0.3, 0.4) is 0 Å². The van der Waals surface area contributed by atoms with E-state index in [1.54, 1.807) is 12.1 Å². The number of benzene rings is 1. The molecule has 1 N–H and O–H groups in total. The van der Waals surface area contributed by atoms with Crippen LogP contribution in [0.2, 0.25) is 0 Å². The number of alkyl halides is 1. The first-order valence-electron chi connectivity index (χ1n) is 6.01. The van der Waals surface area contributed by atoms with Gasteiger partial charge in [-0.3, -0.25) is 15.4 Å². The van der Waals surface area contributed by atoms with E-state index < -0.39 is 15.8 Å². The van der Waals surface area contributed by atoms with Crippen LogP contribution in [0.1, 0.15) is 5.56 Å². The second-order valence-corrected chi connectivity index (χ2v) is 6.83. The lowest BCUT2D eigenvalue weighted by Gasteiger charge is -2.17. The number of carbonyl (C=O) groups is 1. The molecular formula is C12H14ClN2O4S+.